The van der Waals surface area contributed by atoms with Crippen LogP contribution in [-0.2, 0) is 10.0 Å². The van der Waals surface area contributed by atoms with Crippen LogP contribution in [0.15, 0.2) is 76.6 Å². The van der Waals surface area contributed by atoms with Gasteiger partial charge in [0.05, 0.1) is 16.8 Å². The summed E-state index contributed by atoms with van der Waals surface area (Å²) in [7, 11) is -4.08. The lowest BCUT2D eigenvalue weighted by atomic mass is 10.2. The highest BCUT2D eigenvalue weighted by Crippen LogP contribution is 2.34. The highest BCUT2D eigenvalue weighted by molar-refractivity contribution is 7.93. The Labute approximate surface area is 150 Å². The minimum atomic E-state index is -4.08. The molecule has 4 rings (SSSR count). The van der Waals surface area contributed by atoms with Gasteiger partial charge in [-0.15, -0.1) is 0 Å². The zero-order valence-corrected chi connectivity index (χ0v) is 14.6. The molecule has 0 saturated carbocycles. The van der Waals surface area contributed by atoms with Crippen molar-refractivity contribution in [3.8, 4) is 0 Å². The molecule has 0 fully saturated rings. The summed E-state index contributed by atoms with van der Waals surface area (Å²) in [5, 5.41) is 0.449. The molecule has 0 unspecified atom stereocenters. The summed E-state index contributed by atoms with van der Waals surface area (Å²) in [5.74, 6) is -0.678. The van der Waals surface area contributed by atoms with Crippen LogP contribution in [0.2, 0.25) is 0 Å². The monoisotopic (exact) mass is 367 g/mol. The lowest BCUT2D eigenvalue weighted by Gasteiger charge is -2.25. The molecule has 26 heavy (non-hydrogen) atoms. The predicted molar refractivity (Wildman–Crippen MR) is 99.2 cm³/mol. The summed E-state index contributed by atoms with van der Waals surface area (Å²) < 4.78 is 42.7. The van der Waals surface area contributed by atoms with Crippen molar-refractivity contribution in [3.05, 3.63) is 78.1 Å². The van der Waals surface area contributed by atoms with Gasteiger partial charge in [0.2, 0.25) is 0 Å². The van der Waals surface area contributed by atoms with Crippen LogP contribution in [0, 0.1) is 5.82 Å². The summed E-state index contributed by atoms with van der Waals surface area (Å²) in [6, 6.07) is 11.7. The summed E-state index contributed by atoms with van der Waals surface area (Å²) in [5.41, 5.74) is 1.54. The molecule has 1 aliphatic rings. The van der Waals surface area contributed by atoms with Gasteiger partial charge in [-0.3, -0.25) is 9.98 Å². The minimum Gasteiger partial charge on any atom is -0.262 e. The summed E-state index contributed by atoms with van der Waals surface area (Å²) in [6.45, 7) is 1.65. The number of aromatic nitrogens is 1. The van der Waals surface area contributed by atoms with E-state index in [-0.39, 0.29) is 10.3 Å². The average Bonchev–Trinajstić information content (AvgIpc) is 2.80. The fraction of sp³-hybridized carbons (Fsp3) is 0.0526. The smallest absolute Gasteiger partial charge is 0.262 e. The molecule has 0 aliphatic carbocycles. The van der Waals surface area contributed by atoms with Crippen molar-refractivity contribution in [1.82, 2.24) is 4.98 Å². The summed E-state index contributed by atoms with van der Waals surface area (Å²) in [6.07, 6.45) is 5.53. The first-order valence-electron chi connectivity index (χ1n) is 7.87. The third kappa shape index (κ3) is 2.48. The molecule has 0 amide bonds. The van der Waals surface area contributed by atoms with Gasteiger partial charge in [-0.1, -0.05) is 30.3 Å². The van der Waals surface area contributed by atoms with Crippen LogP contribution in [0.3, 0.4) is 0 Å². The number of halogens is 1. The number of pyridine rings is 1. The van der Waals surface area contributed by atoms with Crippen LogP contribution in [0.25, 0.3) is 10.8 Å². The second-order valence-electron chi connectivity index (χ2n) is 5.85. The molecule has 1 aliphatic heterocycles. The molecule has 3 aromatic rings. The molecular formula is C19H14FN3O2S. The summed E-state index contributed by atoms with van der Waals surface area (Å²) in [4.78, 5) is 7.84. The van der Waals surface area contributed by atoms with E-state index in [1.54, 1.807) is 49.5 Å². The van der Waals surface area contributed by atoms with Crippen LogP contribution < -0.4 is 4.31 Å². The van der Waals surface area contributed by atoms with E-state index in [1.165, 1.54) is 22.8 Å². The molecule has 2 aromatic carbocycles. The number of rotatable bonds is 2. The number of hydrogen-bond acceptors (Lipinski definition) is 4. The maximum atomic E-state index is 14.4. The number of anilines is 1. The Morgan fingerprint density at radius 1 is 1.04 bits per heavy atom. The van der Waals surface area contributed by atoms with Gasteiger partial charge in [-0.05, 0) is 19.1 Å². The van der Waals surface area contributed by atoms with E-state index < -0.39 is 15.8 Å². The number of hydrogen-bond donors (Lipinski definition) is 0. The lowest BCUT2D eigenvalue weighted by molar-refractivity contribution is 0.593. The highest BCUT2D eigenvalue weighted by atomic mass is 32.2. The van der Waals surface area contributed by atoms with E-state index in [0.717, 1.165) is 6.20 Å². The number of benzene rings is 2. The van der Waals surface area contributed by atoms with E-state index in [0.29, 0.717) is 22.3 Å². The van der Waals surface area contributed by atoms with E-state index in [2.05, 4.69) is 9.98 Å². The predicted octanol–water partition coefficient (Wildman–Crippen LogP) is 3.86. The number of nitrogens with zero attached hydrogens (tertiary/aromatic N) is 3. The fourth-order valence-electron chi connectivity index (χ4n) is 3.04. The Morgan fingerprint density at radius 3 is 2.69 bits per heavy atom. The Morgan fingerprint density at radius 2 is 1.85 bits per heavy atom. The molecule has 5 nitrogen and oxygen atoms in total. The maximum absolute atomic E-state index is 14.4. The first kappa shape index (κ1) is 16.4. The SMILES string of the molecule is CC1=CN=Cc2ccccc2N1S(=O)(=O)c1cccc2cncc(F)c12. The molecule has 0 atom stereocenters. The molecule has 0 saturated heterocycles. The van der Waals surface area contributed by atoms with Crippen molar-refractivity contribution in [1.29, 1.82) is 0 Å². The molecule has 0 bridgehead atoms. The number of aliphatic imine (C=N–C) groups is 1. The second-order valence-corrected chi connectivity index (χ2v) is 7.61. The molecule has 130 valence electrons. The van der Waals surface area contributed by atoms with Crippen molar-refractivity contribution < 1.29 is 12.8 Å². The van der Waals surface area contributed by atoms with Crippen LogP contribution >= 0.6 is 0 Å². The number of allylic oxidation sites excluding steroid dienone is 1. The Kier molecular flexibility index (Phi) is 3.81. The largest absolute Gasteiger partial charge is 0.269 e. The van der Waals surface area contributed by atoms with Crippen molar-refractivity contribution in [3.63, 3.8) is 0 Å². The average molecular weight is 367 g/mol. The molecular weight excluding hydrogens is 353 g/mol. The van der Waals surface area contributed by atoms with Gasteiger partial charge >= 0.3 is 0 Å². The summed E-state index contributed by atoms with van der Waals surface area (Å²) >= 11 is 0. The van der Waals surface area contributed by atoms with Crippen molar-refractivity contribution in [2.24, 2.45) is 4.99 Å². The minimum absolute atomic E-state index is 0.0259. The van der Waals surface area contributed by atoms with E-state index in [1.807, 2.05) is 0 Å². The van der Waals surface area contributed by atoms with Crippen LogP contribution in [0.4, 0.5) is 10.1 Å². The van der Waals surface area contributed by atoms with Gasteiger partial charge < -0.3 is 0 Å². The molecule has 0 spiro atoms. The van der Waals surface area contributed by atoms with Gasteiger partial charge in [0.1, 0.15) is 0 Å². The topological polar surface area (TPSA) is 62.6 Å². The number of sulfonamides is 1. The third-order valence-corrected chi connectivity index (χ3v) is 6.03. The third-order valence-electron chi connectivity index (χ3n) is 4.17. The molecule has 7 heteroatoms. The van der Waals surface area contributed by atoms with Crippen molar-refractivity contribution >= 4 is 32.7 Å². The first-order chi connectivity index (χ1) is 12.5. The van der Waals surface area contributed by atoms with Crippen LogP contribution in [0.1, 0.15) is 12.5 Å². The van der Waals surface area contributed by atoms with E-state index >= 15 is 0 Å². The second kappa shape index (κ2) is 6.03. The zero-order valence-electron chi connectivity index (χ0n) is 13.8. The van der Waals surface area contributed by atoms with Gasteiger partial charge in [0.15, 0.2) is 5.82 Å². The molecule has 2 heterocycles. The van der Waals surface area contributed by atoms with Crippen LogP contribution in [0.5, 0.6) is 0 Å². The molecule has 0 radical (unpaired) electrons. The molecule has 0 N–H and O–H groups in total. The Hall–Kier alpha value is -3.06. The van der Waals surface area contributed by atoms with E-state index in [4.69, 9.17) is 0 Å². The molecule has 1 aromatic heterocycles. The van der Waals surface area contributed by atoms with Gasteiger partial charge in [0, 0.05) is 40.6 Å². The van der Waals surface area contributed by atoms with Gasteiger partial charge in [-0.25, -0.2) is 17.1 Å². The maximum Gasteiger partial charge on any atom is 0.269 e. The van der Waals surface area contributed by atoms with Gasteiger partial charge in [0.25, 0.3) is 10.0 Å². The van der Waals surface area contributed by atoms with E-state index in [9.17, 15) is 12.8 Å². The standard InChI is InChI=1S/C19H14FN3O2S/c1-13-9-21-10-14-5-2-3-7-17(14)23(13)26(24,25)18-8-4-6-15-11-22-12-16(20)19(15)18/h2-12H,1H3. The number of fused-ring (bicyclic) bond motifs is 2. The van der Waals surface area contributed by atoms with Gasteiger partial charge in [-0.2, -0.15) is 0 Å². The normalized spacial score (nSPS) is 14.1. The Balaban J connectivity index is 2.02. The van der Waals surface area contributed by atoms with Crippen molar-refractivity contribution in [2.45, 2.75) is 11.8 Å². The number of para-hydroxylation sites is 1. The Bertz CT molecular complexity index is 1180. The van der Waals surface area contributed by atoms with Crippen molar-refractivity contribution in [2.75, 3.05) is 4.31 Å². The lowest BCUT2D eigenvalue weighted by Crippen LogP contribution is -2.30. The fourth-order valence-corrected chi connectivity index (χ4v) is 4.81. The first-order valence-corrected chi connectivity index (χ1v) is 9.31. The highest BCUT2D eigenvalue weighted by Gasteiger charge is 2.31. The quantitative estimate of drug-likeness (QED) is 0.691. The van der Waals surface area contributed by atoms with Crippen LogP contribution in [-0.4, -0.2) is 19.6 Å². The zero-order chi connectivity index (χ0) is 18.3.